The van der Waals surface area contributed by atoms with E-state index in [0.29, 0.717) is 0 Å². The summed E-state index contributed by atoms with van der Waals surface area (Å²) in [5.41, 5.74) is 1.06. The third kappa shape index (κ3) is 2.55. The molecule has 0 saturated heterocycles. The Labute approximate surface area is 70.6 Å². The largest absolute Gasteiger partial charge is 1.00 e. The van der Waals surface area contributed by atoms with Gasteiger partial charge in [0.2, 0.25) is 0 Å². The van der Waals surface area contributed by atoms with Crippen molar-refractivity contribution >= 4 is 5.69 Å². The van der Waals surface area contributed by atoms with Gasteiger partial charge in [-0.3, -0.25) is 10.1 Å². The van der Waals surface area contributed by atoms with Crippen molar-refractivity contribution in [1.82, 2.24) is 0 Å². The number of aryl methyl sites for hydroxylation is 1. The fourth-order valence-electron chi connectivity index (χ4n) is 0.742. The van der Waals surface area contributed by atoms with Crippen molar-refractivity contribution in [2.24, 2.45) is 0 Å². The topological polar surface area (TPSA) is 43.1 Å². The maximum Gasteiger partial charge on any atom is 0.269 e. The molecule has 1 aromatic rings. The average molecular weight is 173 g/mol. The Morgan fingerprint density at radius 1 is 1.45 bits per heavy atom. The van der Waals surface area contributed by atoms with Gasteiger partial charge in [0.25, 0.3) is 5.69 Å². The third-order valence-corrected chi connectivity index (χ3v) is 1.21. The molecule has 1 rings (SSSR count). The predicted octanol–water partition coefficient (Wildman–Crippen LogP) is -1.09. The van der Waals surface area contributed by atoms with E-state index >= 15 is 0 Å². The smallest absolute Gasteiger partial charge is 0.269 e. The molecule has 11 heavy (non-hydrogen) atoms. The van der Waals surface area contributed by atoms with Gasteiger partial charge in [-0.2, -0.15) is 0 Å². The van der Waals surface area contributed by atoms with Crippen molar-refractivity contribution < 1.29 is 17.3 Å². The molecule has 0 unspecified atom stereocenters. The molecule has 0 radical (unpaired) electrons. The van der Waals surface area contributed by atoms with Crippen LogP contribution in [0.5, 0.6) is 0 Å². The lowest BCUT2D eigenvalue weighted by molar-refractivity contribution is -0.384. The summed E-state index contributed by atoms with van der Waals surface area (Å²) in [6.45, 7) is 1.83. The van der Waals surface area contributed by atoms with Crippen LogP contribution in [0.3, 0.4) is 0 Å². The Morgan fingerprint density at radius 3 is 2.45 bits per heavy atom. The summed E-state index contributed by atoms with van der Waals surface area (Å²) in [6.07, 6.45) is 0. The molecule has 60 valence electrons. The van der Waals surface area contributed by atoms with Crippen LogP contribution >= 0.6 is 0 Å². The lowest BCUT2D eigenvalue weighted by Crippen LogP contribution is -3.00. The van der Waals surface area contributed by atoms with Gasteiger partial charge in [0.15, 0.2) is 0 Å². The van der Waals surface area contributed by atoms with Gasteiger partial charge in [0, 0.05) is 12.1 Å². The Morgan fingerprint density at radius 2 is 2.09 bits per heavy atom. The quantitative estimate of drug-likeness (QED) is 0.399. The molecule has 0 aromatic heterocycles. The van der Waals surface area contributed by atoms with Crippen LogP contribution in [0, 0.1) is 17.0 Å². The number of rotatable bonds is 1. The molecule has 0 heterocycles. The molecule has 0 amide bonds. The first-order valence-electron chi connectivity index (χ1n) is 2.91. The highest BCUT2D eigenvalue weighted by atomic mass is 35.5. The molecule has 1 aromatic carbocycles. The van der Waals surface area contributed by atoms with Crippen LogP contribution in [-0.4, -0.2) is 4.92 Å². The van der Waals surface area contributed by atoms with E-state index in [4.69, 9.17) is 0 Å². The Hall–Kier alpha value is -1.09. The zero-order valence-corrected chi connectivity index (χ0v) is 6.71. The molecule has 0 spiro atoms. The predicted molar refractivity (Wildman–Crippen MR) is 37.8 cm³/mol. The fourth-order valence-corrected chi connectivity index (χ4v) is 0.742. The highest BCUT2D eigenvalue weighted by Crippen LogP contribution is 2.11. The zero-order chi connectivity index (χ0) is 7.56. The maximum atomic E-state index is 10.2. The molecule has 0 saturated carbocycles. The van der Waals surface area contributed by atoms with Gasteiger partial charge in [-0.25, -0.2) is 0 Å². The van der Waals surface area contributed by atoms with E-state index in [1.807, 2.05) is 13.0 Å². The summed E-state index contributed by atoms with van der Waals surface area (Å²) in [5, 5.41) is 10.2. The van der Waals surface area contributed by atoms with E-state index in [1.165, 1.54) is 6.07 Å². The number of halogens is 1. The van der Waals surface area contributed by atoms with Crippen LogP contribution in [0.2, 0.25) is 0 Å². The Balaban J connectivity index is 0.000001000. The van der Waals surface area contributed by atoms with Crippen LogP contribution in [0.15, 0.2) is 24.3 Å². The van der Waals surface area contributed by atoms with Crippen molar-refractivity contribution in [2.45, 2.75) is 6.92 Å². The van der Waals surface area contributed by atoms with Gasteiger partial charge in [-0.1, -0.05) is 12.1 Å². The molecule has 0 aliphatic rings. The first kappa shape index (κ1) is 9.91. The fraction of sp³-hybridized carbons (Fsp3) is 0.143. The third-order valence-electron chi connectivity index (χ3n) is 1.21. The normalized spacial score (nSPS) is 8.45. The summed E-state index contributed by atoms with van der Waals surface area (Å²) in [6, 6.07) is 6.52. The van der Waals surface area contributed by atoms with E-state index in [9.17, 15) is 10.1 Å². The molecule has 0 aliphatic heterocycles. The lowest BCUT2D eigenvalue weighted by atomic mass is 10.2. The summed E-state index contributed by atoms with van der Waals surface area (Å²) in [4.78, 5) is 9.76. The van der Waals surface area contributed by atoms with Gasteiger partial charge >= 0.3 is 0 Å². The molecule has 4 heteroatoms. The molecule has 0 aliphatic carbocycles. The van der Waals surface area contributed by atoms with Crippen LogP contribution < -0.4 is 12.4 Å². The van der Waals surface area contributed by atoms with Crippen molar-refractivity contribution in [1.29, 1.82) is 0 Å². The van der Waals surface area contributed by atoms with Gasteiger partial charge in [0.05, 0.1) is 4.92 Å². The van der Waals surface area contributed by atoms with Crippen molar-refractivity contribution in [3.63, 3.8) is 0 Å². The minimum Gasteiger partial charge on any atom is -1.00 e. The average Bonchev–Trinajstić information content (AvgIpc) is 1.88. The Kier molecular flexibility index (Phi) is 3.54. The van der Waals surface area contributed by atoms with E-state index in [1.54, 1.807) is 12.1 Å². The minimum absolute atomic E-state index is 0. The number of hydrogen-bond donors (Lipinski definition) is 0. The highest BCUT2D eigenvalue weighted by Gasteiger charge is 2.01. The summed E-state index contributed by atoms with van der Waals surface area (Å²) < 4.78 is 0. The maximum absolute atomic E-state index is 10.2. The van der Waals surface area contributed by atoms with Crippen LogP contribution in [0.1, 0.15) is 5.56 Å². The first-order valence-corrected chi connectivity index (χ1v) is 2.91. The lowest BCUT2D eigenvalue weighted by Gasteiger charge is -1.90. The van der Waals surface area contributed by atoms with Crippen LogP contribution in [0.25, 0.3) is 0 Å². The summed E-state index contributed by atoms with van der Waals surface area (Å²) >= 11 is 0. The molecular weight excluding hydrogens is 166 g/mol. The number of non-ortho nitro benzene ring substituents is 1. The molecule has 0 bridgehead atoms. The van der Waals surface area contributed by atoms with Crippen molar-refractivity contribution in [3.8, 4) is 0 Å². The van der Waals surface area contributed by atoms with Gasteiger partial charge in [-0.15, -0.1) is 0 Å². The number of nitrogens with zero attached hydrogens (tertiary/aromatic N) is 1. The number of nitro groups is 1. The van der Waals surface area contributed by atoms with Gasteiger partial charge < -0.3 is 12.4 Å². The van der Waals surface area contributed by atoms with Crippen molar-refractivity contribution in [2.75, 3.05) is 0 Å². The number of benzene rings is 1. The monoisotopic (exact) mass is 172 g/mol. The summed E-state index contributed by atoms with van der Waals surface area (Å²) in [7, 11) is 0. The molecule has 0 atom stereocenters. The molecule has 0 fully saturated rings. The van der Waals surface area contributed by atoms with Gasteiger partial charge in [-0.05, 0) is 12.5 Å². The van der Waals surface area contributed by atoms with E-state index < -0.39 is 4.92 Å². The SMILES string of the molecule is Cc1cccc([N+](=O)[O-])c1.[Cl-]. The van der Waals surface area contributed by atoms with Gasteiger partial charge in [0.1, 0.15) is 0 Å². The second kappa shape index (κ2) is 3.93. The number of nitro benzene ring substituents is 1. The van der Waals surface area contributed by atoms with E-state index in [2.05, 4.69) is 0 Å². The second-order valence-electron chi connectivity index (χ2n) is 2.10. The Bertz CT molecular complexity index is 262. The zero-order valence-electron chi connectivity index (χ0n) is 5.95. The highest BCUT2D eigenvalue weighted by molar-refractivity contribution is 5.33. The van der Waals surface area contributed by atoms with Crippen LogP contribution in [-0.2, 0) is 0 Å². The molecule has 3 nitrogen and oxygen atoms in total. The second-order valence-corrected chi connectivity index (χ2v) is 2.10. The first-order chi connectivity index (χ1) is 4.70. The van der Waals surface area contributed by atoms with Crippen molar-refractivity contribution in [3.05, 3.63) is 39.9 Å². The molecular formula is C7H7ClNO2-. The van der Waals surface area contributed by atoms with E-state index in [0.717, 1.165) is 5.56 Å². The summed E-state index contributed by atoms with van der Waals surface area (Å²) in [5.74, 6) is 0. The standard InChI is InChI=1S/C7H7NO2.ClH/c1-6-3-2-4-7(5-6)8(9)10;/h2-5H,1H3;1H/p-1. The minimum atomic E-state index is -0.396. The molecule has 0 N–H and O–H groups in total. The van der Waals surface area contributed by atoms with Crippen LogP contribution in [0.4, 0.5) is 5.69 Å². The van der Waals surface area contributed by atoms with E-state index in [-0.39, 0.29) is 18.1 Å². The number of hydrogen-bond acceptors (Lipinski definition) is 2.